The van der Waals surface area contributed by atoms with Gasteiger partial charge in [-0.2, -0.15) is 0 Å². The van der Waals surface area contributed by atoms with Crippen molar-refractivity contribution in [3.8, 4) is 0 Å². The number of rotatable bonds is 20. The molecule has 0 bridgehead atoms. The minimum Gasteiger partial charge on any atom is -0.468 e. The molecule has 6 aliphatic heterocycles. The average Bonchev–Trinajstić information content (AvgIpc) is 3.91. The Morgan fingerprint density at radius 1 is 0.573 bits per heavy atom. The number of nitrogens with zero attached hydrogens (tertiary/aromatic N) is 7. The molecule has 75 heavy (non-hydrogen) atoms. The number of nitrogens with one attached hydrogen (secondary N) is 9. The number of hydrogen-bond acceptors (Lipinski definition) is 19. The van der Waals surface area contributed by atoms with Crippen LogP contribution in [0.4, 0.5) is 0 Å². The van der Waals surface area contributed by atoms with Crippen LogP contribution < -0.4 is 47.9 Å². The van der Waals surface area contributed by atoms with E-state index >= 15 is 0 Å². The predicted octanol–water partition coefficient (Wildman–Crippen LogP) is -0.842. The summed E-state index contributed by atoms with van der Waals surface area (Å²) in [6, 6.07) is 1.89. The molecule has 1 aliphatic carbocycles. The van der Waals surface area contributed by atoms with Crippen LogP contribution >= 0.6 is 0 Å². The van der Waals surface area contributed by atoms with Gasteiger partial charge < -0.3 is 62.2 Å². The molecule has 6 saturated heterocycles. The summed E-state index contributed by atoms with van der Waals surface area (Å²) in [4.78, 5) is 38.4. The zero-order chi connectivity index (χ0) is 55.6. The minimum atomic E-state index is -0.133. The van der Waals surface area contributed by atoms with Gasteiger partial charge in [-0.05, 0) is 115 Å². The second-order valence-electron chi connectivity index (χ2n) is 22.0. The maximum atomic E-state index is 11.5. The Bertz CT molecular complexity index is 1310. The molecule has 3 atom stereocenters. The molecular formula is C55H122N16O4. The predicted molar refractivity (Wildman–Crippen MR) is 315 cm³/mol. The van der Waals surface area contributed by atoms with Gasteiger partial charge in [-0.1, -0.05) is 12.8 Å². The van der Waals surface area contributed by atoms with Crippen molar-refractivity contribution in [2.75, 3.05) is 247 Å². The van der Waals surface area contributed by atoms with Crippen molar-refractivity contribution in [3.05, 3.63) is 0 Å². The highest BCUT2D eigenvalue weighted by atomic mass is 16.5. The maximum Gasteiger partial charge on any atom is 0.324 e. The van der Waals surface area contributed by atoms with Crippen LogP contribution in [0, 0.1) is 17.8 Å². The van der Waals surface area contributed by atoms with E-state index in [0.717, 1.165) is 117 Å². The van der Waals surface area contributed by atoms with Gasteiger partial charge in [0, 0.05) is 195 Å². The summed E-state index contributed by atoms with van der Waals surface area (Å²) in [5.74, 6) is 2.66. The lowest BCUT2D eigenvalue weighted by molar-refractivity contribution is -0.148. The Morgan fingerprint density at radius 3 is 1.45 bits per heavy atom. The zero-order valence-electron chi connectivity index (χ0n) is 50.9. The number of methoxy groups -OCH3 is 1. The van der Waals surface area contributed by atoms with Gasteiger partial charge in [-0.25, -0.2) is 0 Å². The van der Waals surface area contributed by atoms with E-state index in [1.165, 1.54) is 111 Å². The molecule has 1 amide bonds. The molecule has 0 radical (unpaired) electrons. The Hall–Kier alpha value is -1.70. The van der Waals surface area contributed by atoms with Crippen molar-refractivity contribution in [3.63, 3.8) is 0 Å². The number of piperazine rings is 3. The number of hydrogen-bond donors (Lipinski definition) is 9. The van der Waals surface area contributed by atoms with Gasteiger partial charge in [0.1, 0.15) is 6.04 Å². The summed E-state index contributed by atoms with van der Waals surface area (Å²) < 4.78 is 10.0. The molecule has 7 rings (SSSR count). The van der Waals surface area contributed by atoms with Crippen LogP contribution in [-0.2, 0) is 19.1 Å². The lowest BCUT2D eigenvalue weighted by Gasteiger charge is -2.38. The molecule has 6 heterocycles. The lowest BCUT2D eigenvalue weighted by atomic mass is 10.0. The first-order valence-corrected chi connectivity index (χ1v) is 29.4. The number of likely N-dealkylation sites (N-methyl/N-ethyl adjacent to an activating group) is 5. The average molecular weight is 1070 g/mol. The molecule has 3 unspecified atom stereocenters. The second kappa shape index (κ2) is 46.1. The molecule has 7 aliphatic rings. The van der Waals surface area contributed by atoms with Crippen molar-refractivity contribution in [2.24, 2.45) is 17.8 Å². The van der Waals surface area contributed by atoms with Gasteiger partial charge in [0.25, 0.3) is 0 Å². The van der Waals surface area contributed by atoms with E-state index < -0.39 is 0 Å². The van der Waals surface area contributed by atoms with Gasteiger partial charge in [0.2, 0.25) is 5.91 Å². The Labute approximate surface area is 460 Å². The van der Waals surface area contributed by atoms with Gasteiger partial charge in [0.15, 0.2) is 0 Å². The molecule has 0 aromatic carbocycles. The summed E-state index contributed by atoms with van der Waals surface area (Å²) in [6.07, 6.45) is 5.85. The third-order valence-corrected chi connectivity index (χ3v) is 15.0. The van der Waals surface area contributed by atoms with Crippen LogP contribution in [0.5, 0.6) is 0 Å². The van der Waals surface area contributed by atoms with E-state index in [1.54, 1.807) is 6.92 Å². The Morgan fingerprint density at radius 2 is 1.03 bits per heavy atom. The molecule has 20 nitrogen and oxygen atoms in total. The highest BCUT2D eigenvalue weighted by molar-refractivity contribution is 5.76. The van der Waals surface area contributed by atoms with Gasteiger partial charge in [-0.3, -0.25) is 39.0 Å². The summed E-state index contributed by atoms with van der Waals surface area (Å²) in [5.41, 5.74) is 0. The molecule has 7 fully saturated rings. The van der Waals surface area contributed by atoms with E-state index in [2.05, 4.69) is 105 Å². The maximum absolute atomic E-state index is 11.5. The number of likely N-dealkylation sites (tertiary alicyclic amines) is 1. The van der Waals surface area contributed by atoms with Crippen molar-refractivity contribution >= 4 is 11.9 Å². The standard InChI is InChI=1S/C10H21N3O2.C10H23N3.C9H21N3.C7H14N2O.C7H16N2O.C7H15N.C5H12N2/c1-11-4-5-13-7-6-12(2)9(8-13)10(14)15-3;1-10(2)13-8-6-12(7-9-13)5-4-11-3;1-8-6-12(5-4-10-3)7-9(2)11-8;1-6(10)9-4-7(5-9)3-8-2;1-8-2-3-9-4-6-10-7-5-9;1-8-6-7-4-2-3-5-7;1-6-2-5-3-7-4-5/h9,11H,4-8H2,1-3H3;10-11H,4-9H2,1-3H3;8-11H,4-7H2,1-3H3;7-8H,3-5H2,1-2H3;8H,2-7H2,1H3;7-8H,2-6H2,1H3;5-7H,2-4H2,1H3. The quantitative estimate of drug-likeness (QED) is 0.0688. The first-order valence-electron chi connectivity index (χ1n) is 29.4. The normalized spacial score (nSPS) is 23.4. The van der Waals surface area contributed by atoms with E-state index in [9.17, 15) is 9.59 Å². The van der Waals surface area contributed by atoms with Crippen LogP contribution in [0.2, 0.25) is 0 Å². The monoisotopic (exact) mass is 1070 g/mol. The van der Waals surface area contributed by atoms with Gasteiger partial charge in [-0.15, -0.1) is 0 Å². The molecular weight excluding hydrogens is 949 g/mol. The number of esters is 1. The third-order valence-electron chi connectivity index (χ3n) is 15.0. The van der Waals surface area contributed by atoms with Crippen molar-refractivity contribution < 1.29 is 19.1 Å². The molecule has 20 heteroatoms. The van der Waals surface area contributed by atoms with Gasteiger partial charge in [0.05, 0.1) is 20.3 Å². The van der Waals surface area contributed by atoms with E-state index in [4.69, 9.17) is 9.47 Å². The summed E-state index contributed by atoms with van der Waals surface area (Å²) >= 11 is 0. The van der Waals surface area contributed by atoms with Crippen molar-refractivity contribution in [1.82, 2.24) is 82.2 Å². The molecule has 446 valence electrons. The highest BCUT2D eigenvalue weighted by Gasteiger charge is 2.30. The fraction of sp³-hybridized carbons (Fsp3) is 0.964. The molecule has 9 N–H and O–H groups in total. The zero-order valence-corrected chi connectivity index (χ0v) is 50.9. The Kier molecular flexibility index (Phi) is 43.8. The van der Waals surface area contributed by atoms with E-state index in [-0.39, 0.29) is 17.9 Å². The summed E-state index contributed by atoms with van der Waals surface area (Å²) in [6.45, 7) is 41.2. The highest BCUT2D eigenvalue weighted by Crippen LogP contribution is 2.23. The molecule has 1 saturated carbocycles. The number of amides is 1. The molecule has 0 aromatic rings. The SMILES string of the molecule is CNCC1CCCC1.CNCC1CN(C(C)=O)C1.CNCC1CNC1.CNCCN1CC(C)NC(C)C1.CNCCN1CCN(C(C)C)CC1.CNCCN1CCN(C)C(C(=O)OC)C1.CNCCN1CCOCC1. The fourth-order valence-corrected chi connectivity index (χ4v) is 10.1. The van der Waals surface area contributed by atoms with Crippen molar-refractivity contribution in [2.45, 2.75) is 84.5 Å². The van der Waals surface area contributed by atoms with E-state index in [0.29, 0.717) is 24.0 Å². The summed E-state index contributed by atoms with van der Waals surface area (Å²) in [7, 11) is 17.3. The topological polar surface area (TPSA) is 184 Å². The number of ether oxygens (including phenoxy) is 2. The second-order valence-corrected chi connectivity index (χ2v) is 22.0. The molecule has 0 aromatic heterocycles. The largest absolute Gasteiger partial charge is 0.468 e. The third kappa shape index (κ3) is 34.8. The van der Waals surface area contributed by atoms with Gasteiger partial charge >= 0.3 is 5.97 Å². The number of carbonyl (C=O) groups is 2. The van der Waals surface area contributed by atoms with Crippen molar-refractivity contribution in [1.29, 1.82) is 0 Å². The smallest absolute Gasteiger partial charge is 0.324 e. The lowest BCUT2D eigenvalue weighted by Crippen LogP contribution is -2.55. The first kappa shape index (κ1) is 71.3. The minimum absolute atomic E-state index is 0.111. The van der Waals surface area contributed by atoms with Crippen LogP contribution in [-0.4, -0.2) is 317 Å². The number of morpholine rings is 1. The Balaban J connectivity index is 0.000000443. The van der Waals surface area contributed by atoms with Crippen LogP contribution in [0.3, 0.4) is 0 Å². The first-order chi connectivity index (χ1) is 36.2. The van der Waals surface area contributed by atoms with E-state index in [1.807, 2.05) is 61.3 Å². The van der Waals surface area contributed by atoms with Crippen LogP contribution in [0.15, 0.2) is 0 Å². The fourth-order valence-electron chi connectivity index (χ4n) is 10.1. The number of carbonyl (C=O) groups excluding carboxylic acids is 2. The summed E-state index contributed by atoms with van der Waals surface area (Å²) in [5, 5.41) is 28.8. The molecule has 0 spiro atoms. The van der Waals surface area contributed by atoms with Crippen LogP contribution in [0.25, 0.3) is 0 Å². The van der Waals surface area contributed by atoms with Crippen LogP contribution in [0.1, 0.15) is 60.3 Å².